The predicted molar refractivity (Wildman–Crippen MR) is 144 cm³/mol. The highest BCUT2D eigenvalue weighted by Gasteiger charge is 1.81. The molecule has 0 bridgehead atoms. The molecule has 6 heteroatoms. The molecular weight excluding hydrogens is 414 g/mol. The molecule has 6 nitrogen and oxygen atoms in total. The first kappa shape index (κ1) is 25.3. The van der Waals surface area contributed by atoms with Gasteiger partial charge in [-0.2, -0.15) is 0 Å². The highest BCUT2D eigenvalue weighted by molar-refractivity contribution is 5.54. The molecule has 0 aliphatic rings. The predicted octanol–water partition coefficient (Wildman–Crippen LogP) is 8.55. The van der Waals surface area contributed by atoms with Gasteiger partial charge in [0.05, 0.1) is 17.1 Å². The SMILES string of the molecule is CCC.CCC.[2H]C(O)=Nc1ccccc1.[2H]C(O)=Nc1ccccc1.[2H]C(O)=Nc1ccccc1. The Kier molecular flexibility index (Phi) is 20.0. The zero-order valence-electron chi connectivity index (χ0n) is 22.8. The summed E-state index contributed by atoms with van der Waals surface area (Å²) in [6, 6.07) is 26.6. The van der Waals surface area contributed by atoms with Crippen LogP contribution in [0.15, 0.2) is 106 Å². The van der Waals surface area contributed by atoms with Crippen LogP contribution in [0.25, 0.3) is 0 Å². The number of para-hydroxylation sites is 3. The molecule has 0 unspecified atom stereocenters. The molecule has 0 aliphatic heterocycles. The standard InChI is InChI=1S/3C7H7NO.2C3H8/c3*9-6-8-7-4-2-1-3-5-7;2*1-3-2/h3*1-6H,(H,8,9);2*3H2,1-2H3/i3*6D;;. The molecule has 0 heterocycles. The molecule has 3 rings (SSSR count). The van der Waals surface area contributed by atoms with E-state index in [0.717, 1.165) is 0 Å². The third-order valence-electron chi connectivity index (χ3n) is 2.81. The molecular formula is C27H37N3O3. The molecule has 0 saturated carbocycles. The summed E-state index contributed by atoms with van der Waals surface area (Å²) in [5.41, 5.74) is 1.78. The highest BCUT2D eigenvalue weighted by Crippen LogP contribution is 2.08. The number of nitrogens with zero attached hydrogens (tertiary/aromatic N) is 3. The molecule has 0 saturated heterocycles. The van der Waals surface area contributed by atoms with E-state index in [0.29, 0.717) is 17.1 Å². The lowest BCUT2D eigenvalue weighted by Gasteiger charge is -1.86. The van der Waals surface area contributed by atoms with Gasteiger partial charge in [-0.05, 0) is 36.4 Å². The van der Waals surface area contributed by atoms with Crippen LogP contribution in [-0.4, -0.2) is 34.4 Å². The normalized spacial score (nSPS) is 11.6. The fourth-order valence-electron chi connectivity index (χ4n) is 1.68. The van der Waals surface area contributed by atoms with E-state index < -0.39 is 19.1 Å². The van der Waals surface area contributed by atoms with Gasteiger partial charge in [-0.25, -0.2) is 15.0 Å². The number of aliphatic hydroxyl groups is 3. The lowest BCUT2D eigenvalue weighted by atomic mass is 10.3. The maximum absolute atomic E-state index is 8.42. The van der Waals surface area contributed by atoms with Gasteiger partial charge in [0, 0.05) is 0 Å². The van der Waals surface area contributed by atoms with Gasteiger partial charge in [0.1, 0.15) is 4.11 Å². The van der Waals surface area contributed by atoms with Crippen molar-refractivity contribution in [1.29, 1.82) is 0 Å². The van der Waals surface area contributed by atoms with Gasteiger partial charge in [0.25, 0.3) is 0 Å². The number of hydrogen-bond donors (Lipinski definition) is 3. The Bertz CT molecular complexity index is 845. The molecule has 0 spiro atoms. The van der Waals surface area contributed by atoms with Gasteiger partial charge in [0.15, 0.2) is 19.1 Å². The summed E-state index contributed by atoms with van der Waals surface area (Å²) in [4.78, 5) is 10.5. The van der Waals surface area contributed by atoms with Crippen LogP contribution in [-0.2, 0) is 0 Å². The smallest absolute Gasteiger partial charge is 0.171 e. The van der Waals surface area contributed by atoms with E-state index in [1.54, 1.807) is 72.8 Å². The first-order chi connectivity index (χ1) is 17.2. The van der Waals surface area contributed by atoms with Crippen molar-refractivity contribution in [2.24, 2.45) is 15.0 Å². The zero-order chi connectivity index (χ0) is 27.6. The topological polar surface area (TPSA) is 97.8 Å². The minimum absolute atomic E-state index is 0.593. The first-order valence-electron chi connectivity index (χ1n) is 12.1. The van der Waals surface area contributed by atoms with Crippen LogP contribution in [0.1, 0.15) is 44.6 Å². The van der Waals surface area contributed by atoms with E-state index in [-0.39, 0.29) is 0 Å². The molecule has 0 amide bonds. The van der Waals surface area contributed by atoms with Crippen molar-refractivity contribution in [2.45, 2.75) is 40.5 Å². The lowest BCUT2D eigenvalue weighted by Crippen LogP contribution is -1.64. The van der Waals surface area contributed by atoms with E-state index in [9.17, 15) is 0 Å². The van der Waals surface area contributed by atoms with Crippen LogP contribution in [0, 0.1) is 0 Å². The maximum Gasteiger partial charge on any atom is 0.171 e. The zero-order valence-corrected chi connectivity index (χ0v) is 19.8. The number of hydrogen-bond acceptors (Lipinski definition) is 3. The Morgan fingerprint density at radius 3 is 0.848 bits per heavy atom. The van der Waals surface area contributed by atoms with Gasteiger partial charge in [-0.3, -0.25) is 0 Å². The van der Waals surface area contributed by atoms with Gasteiger partial charge in [0.2, 0.25) is 0 Å². The third kappa shape index (κ3) is 22.6. The molecule has 3 N–H and O–H groups in total. The van der Waals surface area contributed by atoms with E-state index >= 15 is 0 Å². The Morgan fingerprint density at radius 1 is 0.515 bits per heavy atom. The van der Waals surface area contributed by atoms with Crippen LogP contribution in [0.2, 0.25) is 0 Å². The van der Waals surface area contributed by atoms with Crippen LogP contribution in [0.3, 0.4) is 0 Å². The summed E-state index contributed by atoms with van der Waals surface area (Å²) in [5, 5.41) is 25.3. The highest BCUT2D eigenvalue weighted by atomic mass is 16.3. The quantitative estimate of drug-likeness (QED) is 0.273. The first-order valence-corrected chi connectivity index (χ1v) is 10.6. The van der Waals surface area contributed by atoms with Gasteiger partial charge >= 0.3 is 0 Å². The second kappa shape index (κ2) is 26.1. The Labute approximate surface area is 202 Å². The molecule has 3 aromatic rings. The average molecular weight is 455 g/mol. The molecule has 0 aliphatic carbocycles. The largest absolute Gasteiger partial charge is 0.499 e. The van der Waals surface area contributed by atoms with Crippen molar-refractivity contribution in [3.8, 4) is 0 Å². The van der Waals surface area contributed by atoms with Gasteiger partial charge in [-0.1, -0.05) is 95.1 Å². The van der Waals surface area contributed by atoms with E-state index in [4.69, 9.17) is 19.4 Å². The van der Waals surface area contributed by atoms with Crippen LogP contribution in [0.5, 0.6) is 0 Å². The van der Waals surface area contributed by atoms with Crippen molar-refractivity contribution in [3.63, 3.8) is 0 Å². The summed E-state index contributed by atoms with van der Waals surface area (Å²) >= 11 is 0. The molecule has 0 radical (unpaired) electrons. The van der Waals surface area contributed by atoms with Crippen LogP contribution in [0.4, 0.5) is 17.1 Å². The Hall–Kier alpha value is -3.93. The van der Waals surface area contributed by atoms with E-state index in [1.807, 2.05) is 18.2 Å². The lowest BCUT2D eigenvalue weighted by molar-refractivity contribution is 0.579. The van der Waals surface area contributed by atoms with Gasteiger partial charge in [-0.15, -0.1) is 0 Å². The average Bonchev–Trinajstić information content (AvgIpc) is 2.82. The molecule has 0 aromatic heterocycles. The van der Waals surface area contributed by atoms with Crippen LogP contribution < -0.4 is 0 Å². The summed E-state index contributed by atoms with van der Waals surface area (Å²) in [7, 11) is 0. The maximum atomic E-state index is 8.42. The summed E-state index contributed by atoms with van der Waals surface area (Å²) in [5.74, 6) is 0. The van der Waals surface area contributed by atoms with Crippen molar-refractivity contribution in [3.05, 3.63) is 91.0 Å². The number of aliphatic imine (C=N–C) groups is 3. The molecule has 3 aromatic carbocycles. The summed E-state index contributed by atoms with van der Waals surface area (Å²) in [6.45, 7) is 8.50. The van der Waals surface area contributed by atoms with Crippen LogP contribution >= 0.6 is 0 Å². The number of aliphatic hydroxyl groups excluding tert-OH is 3. The minimum atomic E-state index is -0.661. The molecule has 33 heavy (non-hydrogen) atoms. The van der Waals surface area contributed by atoms with Crippen molar-refractivity contribution < 1.29 is 19.4 Å². The van der Waals surface area contributed by atoms with E-state index in [2.05, 4.69) is 42.7 Å². The molecule has 178 valence electrons. The number of benzene rings is 3. The fraction of sp³-hybridized carbons (Fsp3) is 0.222. The summed E-state index contributed by atoms with van der Waals surface area (Å²) < 4.78 is 19.9. The summed E-state index contributed by atoms with van der Waals surface area (Å²) in [6.07, 6.45) is 0.517. The van der Waals surface area contributed by atoms with Crippen molar-refractivity contribution in [1.82, 2.24) is 0 Å². The Balaban J connectivity index is 0. The van der Waals surface area contributed by atoms with E-state index in [1.165, 1.54) is 12.8 Å². The second-order valence-electron chi connectivity index (χ2n) is 6.06. The second-order valence-corrected chi connectivity index (χ2v) is 6.06. The molecule has 0 atom stereocenters. The van der Waals surface area contributed by atoms with Gasteiger partial charge < -0.3 is 15.3 Å². The Morgan fingerprint density at radius 2 is 0.697 bits per heavy atom. The molecule has 0 fully saturated rings. The van der Waals surface area contributed by atoms with Crippen molar-refractivity contribution in [2.75, 3.05) is 0 Å². The fourth-order valence-corrected chi connectivity index (χ4v) is 1.68. The third-order valence-corrected chi connectivity index (χ3v) is 2.81. The van der Waals surface area contributed by atoms with Crippen molar-refractivity contribution >= 4 is 36.2 Å². The monoisotopic (exact) mass is 454 g/mol. The minimum Gasteiger partial charge on any atom is -0.499 e. The number of rotatable bonds is 3.